The summed E-state index contributed by atoms with van der Waals surface area (Å²) in [7, 11) is 0. The number of hydrogen-bond acceptors (Lipinski definition) is 3. The van der Waals surface area contributed by atoms with Crippen molar-refractivity contribution in [3.05, 3.63) is 24.0 Å². The normalized spacial score (nSPS) is 22.8. The molecule has 19 heavy (non-hydrogen) atoms. The molecule has 0 aromatic carbocycles. The Morgan fingerprint density at radius 2 is 2.00 bits per heavy atom. The Balaban J connectivity index is 2.10. The molecular formula is C14H18N2O3. The van der Waals surface area contributed by atoms with Gasteiger partial charge >= 0.3 is 5.97 Å². The van der Waals surface area contributed by atoms with Crippen LogP contribution < -0.4 is 5.32 Å². The topological polar surface area (TPSA) is 79.3 Å². The molecule has 2 atom stereocenters. The second-order valence-corrected chi connectivity index (χ2v) is 5.02. The van der Waals surface area contributed by atoms with Gasteiger partial charge in [-0.3, -0.25) is 14.6 Å². The van der Waals surface area contributed by atoms with Crippen LogP contribution in [0.15, 0.2) is 18.5 Å². The van der Waals surface area contributed by atoms with Crippen molar-refractivity contribution in [3.8, 4) is 0 Å². The van der Waals surface area contributed by atoms with Crippen LogP contribution in [0.5, 0.6) is 0 Å². The van der Waals surface area contributed by atoms with Crippen molar-refractivity contribution in [2.45, 2.75) is 32.6 Å². The molecule has 0 bridgehead atoms. The van der Waals surface area contributed by atoms with Crippen molar-refractivity contribution < 1.29 is 14.7 Å². The lowest BCUT2D eigenvalue weighted by atomic mass is 9.78. The van der Waals surface area contributed by atoms with E-state index in [4.69, 9.17) is 0 Å². The molecule has 1 saturated carbocycles. The van der Waals surface area contributed by atoms with Crippen LogP contribution in [0.1, 0.15) is 31.2 Å². The van der Waals surface area contributed by atoms with Gasteiger partial charge in [-0.05, 0) is 31.4 Å². The molecule has 0 saturated heterocycles. The second kappa shape index (κ2) is 5.82. The maximum Gasteiger partial charge on any atom is 0.307 e. The average Bonchev–Trinajstić information content (AvgIpc) is 2.41. The molecule has 1 aliphatic carbocycles. The van der Waals surface area contributed by atoms with Gasteiger partial charge in [0.05, 0.1) is 23.7 Å². The number of anilines is 1. The fourth-order valence-electron chi connectivity index (χ4n) is 2.56. The van der Waals surface area contributed by atoms with Crippen LogP contribution in [0.25, 0.3) is 0 Å². The van der Waals surface area contributed by atoms with E-state index < -0.39 is 17.8 Å². The number of carboxylic acid groups (broad SMARTS) is 1. The number of pyridine rings is 1. The molecule has 0 unspecified atom stereocenters. The van der Waals surface area contributed by atoms with E-state index in [1.54, 1.807) is 12.4 Å². The van der Waals surface area contributed by atoms with Crippen molar-refractivity contribution in [1.82, 2.24) is 4.98 Å². The van der Waals surface area contributed by atoms with Crippen LogP contribution in [0.2, 0.25) is 0 Å². The number of carbonyl (C=O) groups is 2. The largest absolute Gasteiger partial charge is 0.481 e. The minimum atomic E-state index is -0.872. The van der Waals surface area contributed by atoms with Crippen LogP contribution in [0.3, 0.4) is 0 Å². The third-order valence-electron chi connectivity index (χ3n) is 3.72. The molecule has 0 radical (unpaired) electrons. The van der Waals surface area contributed by atoms with E-state index in [0.29, 0.717) is 18.5 Å². The van der Waals surface area contributed by atoms with E-state index >= 15 is 0 Å². The quantitative estimate of drug-likeness (QED) is 0.875. The number of nitrogens with one attached hydrogen (secondary N) is 1. The maximum atomic E-state index is 12.2. The van der Waals surface area contributed by atoms with Gasteiger partial charge in [-0.15, -0.1) is 0 Å². The highest BCUT2D eigenvalue weighted by molar-refractivity contribution is 5.95. The number of hydrogen-bond donors (Lipinski definition) is 2. The highest BCUT2D eigenvalue weighted by Gasteiger charge is 2.35. The lowest BCUT2D eigenvalue weighted by Crippen LogP contribution is -2.36. The van der Waals surface area contributed by atoms with E-state index in [2.05, 4.69) is 10.3 Å². The minimum absolute atomic E-state index is 0.205. The van der Waals surface area contributed by atoms with Crippen molar-refractivity contribution in [1.29, 1.82) is 0 Å². The predicted molar refractivity (Wildman–Crippen MR) is 70.7 cm³/mol. The van der Waals surface area contributed by atoms with Gasteiger partial charge in [-0.2, -0.15) is 0 Å². The summed E-state index contributed by atoms with van der Waals surface area (Å²) in [5.74, 6) is -2.08. The molecule has 0 aliphatic heterocycles. The van der Waals surface area contributed by atoms with Crippen LogP contribution >= 0.6 is 0 Å². The van der Waals surface area contributed by atoms with E-state index in [1.165, 1.54) is 0 Å². The molecule has 5 nitrogen and oxygen atoms in total. The number of carboxylic acids is 1. The van der Waals surface area contributed by atoms with Crippen molar-refractivity contribution in [3.63, 3.8) is 0 Å². The minimum Gasteiger partial charge on any atom is -0.481 e. The van der Waals surface area contributed by atoms with Gasteiger partial charge in [0.25, 0.3) is 0 Å². The predicted octanol–water partition coefficient (Wildman–Crippen LogP) is 2.22. The molecule has 2 rings (SSSR count). The summed E-state index contributed by atoms with van der Waals surface area (Å²) >= 11 is 0. The summed E-state index contributed by atoms with van der Waals surface area (Å²) in [6.07, 6.45) is 6.26. The van der Waals surface area contributed by atoms with Gasteiger partial charge in [0.2, 0.25) is 5.91 Å². The van der Waals surface area contributed by atoms with E-state index in [0.717, 1.165) is 18.4 Å². The molecule has 0 spiro atoms. The number of aliphatic carboxylic acids is 1. The van der Waals surface area contributed by atoms with Gasteiger partial charge in [0, 0.05) is 6.20 Å². The van der Waals surface area contributed by atoms with E-state index in [-0.39, 0.29) is 5.91 Å². The zero-order valence-electron chi connectivity index (χ0n) is 10.9. The number of amides is 1. The zero-order valence-corrected chi connectivity index (χ0v) is 10.9. The highest BCUT2D eigenvalue weighted by Crippen LogP contribution is 2.31. The molecule has 1 aliphatic rings. The van der Waals surface area contributed by atoms with Crippen molar-refractivity contribution in [2.24, 2.45) is 11.8 Å². The lowest BCUT2D eigenvalue weighted by Gasteiger charge is -2.27. The standard InChI is InChI=1S/C14H18N2O3/c1-9-6-7-15-8-12(9)16-13(17)10-4-2-3-5-11(10)14(18)19/h6-8,10-11H,2-5H2,1H3,(H,16,17)(H,18,19)/t10-,11+/m1/s1. The number of aromatic nitrogens is 1. The molecule has 1 aromatic rings. The first kappa shape index (κ1) is 13.5. The Morgan fingerprint density at radius 1 is 1.32 bits per heavy atom. The Hall–Kier alpha value is -1.91. The number of aryl methyl sites for hydroxylation is 1. The Kier molecular flexibility index (Phi) is 4.14. The number of rotatable bonds is 3. The SMILES string of the molecule is Cc1ccncc1NC(=O)[C@@H]1CCCC[C@@H]1C(=O)O. The summed E-state index contributed by atoms with van der Waals surface area (Å²) < 4.78 is 0. The third-order valence-corrected chi connectivity index (χ3v) is 3.72. The monoisotopic (exact) mass is 262 g/mol. The Bertz CT molecular complexity index is 487. The third kappa shape index (κ3) is 3.10. The van der Waals surface area contributed by atoms with Crippen LogP contribution in [-0.2, 0) is 9.59 Å². The summed E-state index contributed by atoms with van der Waals surface area (Å²) in [6.45, 7) is 1.88. The van der Waals surface area contributed by atoms with Gasteiger partial charge in [-0.1, -0.05) is 12.8 Å². The first-order valence-corrected chi connectivity index (χ1v) is 6.54. The van der Waals surface area contributed by atoms with Crippen LogP contribution in [-0.4, -0.2) is 22.0 Å². The summed E-state index contributed by atoms with van der Waals surface area (Å²) in [6, 6.07) is 1.81. The molecule has 1 heterocycles. The zero-order chi connectivity index (χ0) is 13.8. The smallest absolute Gasteiger partial charge is 0.307 e. The first-order chi connectivity index (χ1) is 9.09. The summed E-state index contributed by atoms with van der Waals surface area (Å²) in [4.78, 5) is 27.4. The lowest BCUT2D eigenvalue weighted by molar-refractivity contribution is -0.147. The summed E-state index contributed by atoms with van der Waals surface area (Å²) in [5, 5.41) is 12.0. The maximum absolute atomic E-state index is 12.2. The number of nitrogens with zero attached hydrogens (tertiary/aromatic N) is 1. The van der Waals surface area contributed by atoms with E-state index in [9.17, 15) is 14.7 Å². The Morgan fingerprint density at radius 3 is 2.63 bits per heavy atom. The molecule has 1 fully saturated rings. The molecular weight excluding hydrogens is 244 g/mol. The van der Waals surface area contributed by atoms with Crippen LogP contribution in [0.4, 0.5) is 5.69 Å². The van der Waals surface area contributed by atoms with Gasteiger partial charge < -0.3 is 10.4 Å². The fraction of sp³-hybridized carbons (Fsp3) is 0.500. The second-order valence-electron chi connectivity index (χ2n) is 5.02. The molecule has 5 heteroatoms. The fourth-order valence-corrected chi connectivity index (χ4v) is 2.56. The Labute approximate surface area is 112 Å². The van der Waals surface area contributed by atoms with E-state index in [1.807, 2.05) is 13.0 Å². The first-order valence-electron chi connectivity index (χ1n) is 6.54. The van der Waals surface area contributed by atoms with Gasteiger partial charge in [0.1, 0.15) is 0 Å². The molecule has 1 amide bonds. The number of carbonyl (C=O) groups excluding carboxylic acids is 1. The molecule has 1 aromatic heterocycles. The van der Waals surface area contributed by atoms with Gasteiger partial charge in [-0.25, -0.2) is 0 Å². The van der Waals surface area contributed by atoms with Crippen molar-refractivity contribution >= 4 is 17.6 Å². The summed E-state index contributed by atoms with van der Waals surface area (Å²) in [5.41, 5.74) is 1.58. The molecule has 102 valence electrons. The van der Waals surface area contributed by atoms with Crippen molar-refractivity contribution in [2.75, 3.05) is 5.32 Å². The average molecular weight is 262 g/mol. The van der Waals surface area contributed by atoms with Crippen LogP contribution in [0, 0.1) is 18.8 Å². The van der Waals surface area contributed by atoms with Gasteiger partial charge in [0.15, 0.2) is 0 Å². The molecule has 2 N–H and O–H groups in total. The highest BCUT2D eigenvalue weighted by atomic mass is 16.4.